The summed E-state index contributed by atoms with van der Waals surface area (Å²) in [4.78, 5) is 17.9. The van der Waals surface area contributed by atoms with E-state index in [1.165, 1.54) is 7.11 Å². The van der Waals surface area contributed by atoms with Crippen LogP contribution in [0.15, 0.2) is 29.2 Å². The highest BCUT2D eigenvalue weighted by molar-refractivity contribution is 7.91. The number of carbonyl (C=O) groups excluding carboxylic acids is 1. The number of thiol groups is 1. The molecule has 1 N–H and O–H groups in total. The predicted octanol–water partition coefficient (Wildman–Crippen LogP) is 1.32. The topological polar surface area (TPSA) is 81.7 Å². The Labute approximate surface area is 130 Å². The molecular weight excluding hydrogens is 314 g/mol. The molecule has 0 saturated heterocycles. The zero-order valence-electron chi connectivity index (χ0n) is 11.7. The Kier molecular flexibility index (Phi) is 7.73. The van der Waals surface area contributed by atoms with Crippen molar-refractivity contribution < 1.29 is 22.8 Å². The number of benzene rings is 1. The van der Waals surface area contributed by atoms with Crippen LogP contribution in [0, 0.1) is 0 Å². The fourth-order valence-electron chi connectivity index (χ4n) is 1.75. The SMILES string of the molecule is COCCCS(=O)(=O)c1cccc(CCC(=O)ONS)c1. The van der Waals surface area contributed by atoms with Gasteiger partial charge < -0.3 is 9.57 Å². The second kappa shape index (κ2) is 9.04. The van der Waals surface area contributed by atoms with Crippen molar-refractivity contribution in [1.29, 1.82) is 0 Å². The minimum atomic E-state index is -3.32. The number of carbonyl (C=O) groups is 1. The maximum atomic E-state index is 12.1. The zero-order valence-corrected chi connectivity index (χ0v) is 13.5. The summed E-state index contributed by atoms with van der Waals surface area (Å²) in [6.07, 6.45) is 0.986. The molecule has 0 aromatic heterocycles. The summed E-state index contributed by atoms with van der Waals surface area (Å²) >= 11 is 3.55. The molecule has 0 spiro atoms. The normalized spacial score (nSPS) is 11.3. The van der Waals surface area contributed by atoms with E-state index in [9.17, 15) is 13.2 Å². The largest absolute Gasteiger partial charge is 0.385 e. The highest BCUT2D eigenvalue weighted by atomic mass is 32.2. The summed E-state index contributed by atoms with van der Waals surface area (Å²) in [6.45, 7) is 0.404. The second-order valence-corrected chi connectivity index (χ2v) is 6.67. The highest BCUT2D eigenvalue weighted by Crippen LogP contribution is 2.15. The standard InChI is InChI=1S/C13H19NO5S2/c1-18-8-3-9-21(16,17)12-5-2-4-11(10-12)6-7-13(15)19-14-20/h2,4-5,10,14,20H,3,6-9H2,1H3. The molecule has 1 aromatic carbocycles. The van der Waals surface area contributed by atoms with E-state index in [2.05, 4.69) is 17.7 Å². The monoisotopic (exact) mass is 333 g/mol. The summed E-state index contributed by atoms with van der Waals surface area (Å²) in [7, 11) is -1.79. The number of hydrogen-bond donors (Lipinski definition) is 2. The van der Waals surface area contributed by atoms with Gasteiger partial charge in [0.05, 0.1) is 17.1 Å². The van der Waals surface area contributed by atoms with Gasteiger partial charge in [-0.25, -0.2) is 8.42 Å². The Bertz CT molecular complexity index is 559. The average molecular weight is 333 g/mol. The van der Waals surface area contributed by atoms with Gasteiger partial charge in [0.15, 0.2) is 9.84 Å². The van der Waals surface area contributed by atoms with E-state index in [1.54, 1.807) is 24.3 Å². The van der Waals surface area contributed by atoms with Gasteiger partial charge in [-0.2, -0.15) is 0 Å². The molecule has 0 radical (unpaired) electrons. The van der Waals surface area contributed by atoms with Gasteiger partial charge in [-0.15, -0.1) is 0 Å². The van der Waals surface area contributed by atoms with Gasteiger partial charge in [-0.1, -0.05) is 29.8 Å². The van der Waals surface area contributed by atoms with Gasteiger partial charge in [0.2, 0.25) is 0 Å². The quantitative estimate of drug-likeness (QED) is 0.403. The van der Waals surface area contributed by atoms with E-state index in [0.29, 0.717) is 19.4 Å². The molecule has 0 atom stereocenters. The lowest BCUT2D eigenvalue weighted by atomic mass is 10.1. The molecule has 118 valence electrons. The van der Waals surface area contributed by atoms with Gasteiger partial charge in [-0.3, -0.25) is 4.79 Å². The van der Waals surface area contributed by atoms with Crippen molar-refractivity contribution in [2.75, 3.05) is 19.5 Å². The van der Waals surface area contributed by atoms with Gasteiger partial charge in [-0.05, 0) is 30.5 Å². The molecule has 1 aromatic rings. The third-order valence-corrected chi connectivity index (χ3v) is 4.69. The van der Waals surface area contributed by atoms with Crippen LogP contribution in [0.1, 0.15) is 18.4 Å². The van der Waals surface area contributed by atoms with E-state index in [0.717, 1.165) is 5.56 Å². The first-order valence-electron chi connectivity index (χ1n) is 6.39. The molecule has 0 unspecified atom stereocenters. The molecule has 0 aliphatic carbocycles. The first-order valence-corrected chi connectivity index (χ1v) is 8.49. The Morgan fingerprint density at radius 3 is 2.81 bits per heavy atom. The molecule has 21 heavy (non-hydrogen) atoms. The van der Waals surface area contributed by atoms with Gasteiger partial charge in [0, 0.05) is 13.7 Å². The summed E-state index contributed by atoms with van der Waals surface area (Å²) in [5, 5.41) is 0. The minimum absolute atomic E-state index is 0.0376. The average Bonchev–Trinajstić information content (AvgIpc) is 2.46. The van der Waals surface area contributed by atoms with E-state index < -0.39 is 15.8 Å². The van der Waals surface area contributed by atoms with Crippen LogP contribution in [0.25, 0.3) is 0 Å². The van der Waals surface area contributed by atoms with Gasteiger partial charge in [0.1, 0.15) is 0 Å². The third-order valence-electron chi connectivity index (χ3n) is 2.80. The maximum Gasteiger partial charge on any atom is 0.326 e. The van der Waals surface area contributed by atoms with Crippen LogP contribution >= 0.6 is 12.8 Å². The van der Waals surface area contributed by atoms with Crippen LogP contribution in [0.3, 0.4) is 0 Å². The summed E-state index contributed by atoms with van der Waals surface area (Å²) in [5.41, 5.74) is 0.763. The van der Waals surface area contributed by atoms with Crippen LogP contribution in [0.4, 0.5) is 0 Å². The van der Waals surface area contributed by atoms with E-state index in [1.807, 2.05) is 4.89 Å². The molecule has 0 amide bonds. The smallest absolute Gasteiger partial charge is 0.326 e. The summed E-state index contributed by atoms with van der Waals surface area (Å²) in [5.74, 6) is -0.422. The Hall–Kier alpha value is -1.09. The lowest BCUT2D eigenvalue weighted by Crippen LogP contribution is -2.12. The lowest BCUT2D eigenvalue weighted by molar-refractivity contribution is -0.146. The van der Waals surface area contributed by atoms with Crippen LogP contribution < -0.4 is 4.89 Å². The lowest BCUT2D eigenvalue weighted by Gasteiger charge is -2.07. The molecule has 0 aliphatic heterocycles. The van der Waals surface area contributed by atoms with Crippen LogP contribution in [0.2, 0.25) is 0 Å². The first kappa shape index (κ1) is 18.0. The third kappa shape index (κ3) is 6.47. The van der Waals surface area contributed by atoms with Crippen LogP contribution in [-0.4, -0.2) is 33.9 Å². The maximum absolute atomic E-state index is 12.1. The van der Waals surface area contributed by atoms with Crippen molar-refractivity contribution in [2.24, 2.45) is 0 Å². The predicted molar refractivity (Wildman–Crippen MR) is 81.5 cm³/mol. The minimum Gasteiger partial charge on any atom is -0.385 e. The molecule has 0 fully saturated rings. The second-order valence-electron chi connectivity index (χ2n) is 4.38. The zero-order chi connectivity index (χ0) is 15.7. The Morgan fingerprint density at radius 1 is 1.38 bits per heavy atom. The Morgan fingerprint density at radius 2 is 2.14 bits per heavy atom. The molecule has 8 heteroatoms. The van der Waals surface area contributed by atoms with Crippen molar-refractivity contribution in [2.45, 2.75) is 24.2 Å². The van der Waals surface area contributed by atoms with E-state index >= 15 is 0 Å². The van der Waals surface area contributed by atoms with Crippen molar-refractivity contribution in [1.82, 2.24) is 4.89 Å². The van der Waals surface area contributed by atoms with Gasteiger partial charge >= 0.3 is 5.97 Å². The molecular formula is C13H19NO5S2. The van der Waals surface area contributed by atoms with Crippen LogP contribution in [-0.2, 0) is 30.6 Å². The molecule has 6 nitrogen and oxygen atoms in total. The van der Waals surface area contributed by atoms with Crippen molar-refractivity contribution in [3.8, 4) is 0 Å². The molecule has 0 aliphatic rings. The highest BCUT2D eigenvalue weighted by Gasteiger charge is 2.14. The number of rotatable bonds is 9. The van der Waals surface area contributed by atoms with E-state index in [-0.39, 0.29) is 17.1 Å². The number of nitrogens with one attached hydrogen (secondary N) is 1. The van der Waals surface area contributed by atoms with Crippen LogP contribution in [0.5, 0.6) is 0 Å². The van der Waals surface area contributed by atoms with Crippen molar-refractivity contribution in [3.63, 3.8) is 0 Å². The number of methoxy groups -OCH3 is 1. The summed E-state index contributed by atoms with van der Waals surface area (Å²) in [6, 6.07) is 6.58. The molecule has 0 bridgehead atoms. The van der Waals surface area contributed by atoms with Gasteiger partial charge in [0.25, 0.3) is 0 Å². The fourth-order valence-corrected chi connectivity index (χ4v) is 3.21. The molecule has 0 heterocycles. The number of aryl methyl sites for hydroxylation is 1. The number of ether oxygens (including phenoxy) is 1. The van der Waals surface area contributed by atoms with Crippen molar-refractivity contribution >= 4 is 28.6 Å². The van der Waals surface area contributed by atoms with Crippen molar-refractivity contribution in [3.05, 3.63) is 29.8 Å². The number of sulfone groups is 1. The summed E-state index contributed by atoms with van der Waals surface area (Å²) < 4.78 is 29.1. The molecule has 0 saturated carbocycles. The number of hydrogen-bond acceptors (Lipinski definition) is 7. The Balaban J connectivity index is 2.69. The molecule has 1 rings (SSSR count). The first-order chi connectivity index (χ1) is 9.99. The van der Waals surface area contributed by atoms with E-state index in [4.69, 9.17) is 4.74 Å². The fraction of sp³-hybridized carbons (Fsp3) is 0.462.